The molecule has 1 aromatic heterocycles. The molecule has 0 atom stereocenters. The Morgan fingerprint density at radius 2 is 2.18 bits per heavy atom. The lowest BCUT2D eigenvalue weighted by Gasteiger charge is -2.14. The topological polar surface area (TPSA) is 88.2 Å². The van der Waals surface area contributed by atoms with E-state index in [0.717, 1.165) is 17.5 Å². The van der Waals surface area contributed by atoms with Crippen molar-refractivity contribution in [1.82, 2.24) is 15.0 Å². The van der Waals surface area contributed by atoms with Crippen LogP contribution in [0.25, 0.3) is 0 Å². The van der Waals surface area contributed by atoms with E-state index in [1.807, 2.05) is 0 Å². The first kappa shape index (κ1) is 11.9. The van der Waals surface area contributed by atoms with E-state index in [4.69, 9.17) is 10.2 Å². The van der Waals surface area contributed by atoms with Crippen molar-refractivity contribution in [2.45, 2.75) is 31.2 Å². The molecule has 17 heavy (non-hydrogen) atoms. The van der Waals surface area contributed by atoms with E-state index in [9.17, 15) is 13.6 Å². The summed E-state index contributed by atoms with van der Waals surface area (Å²) >= 11 is 0. The molecule has 0 aromatic carbocycles. The van der Waals surface area contributed by atoms with Gasteiger partial charge in [0.1, 0.15) is 13.2 Å². The van der Waals surface area contributed by atoms with Crippen molar-refractivity contribution in [3.63, 3.8) is 0 Å². The molecule has 0 radical (unpaired) electrons. The smallest absolute Gasteiger partial charge is 0.358 e. The third-order valence-corrected chi connectivity index (χ3v) is 2.55. The number of rotatable bonds is 5. The van der Waals surface area contributed by atoms with Gasteiger partial charge in [-0.05, 0) is 12.8 Å². The third-order valence-electron chi connectivity index (χ3n) is 2.55. The zero-order valence-corrected chi connectivity index (χ0v) is 8.81. The number of carboxylic acid groups (broad SMARTS) is 1. The maximum atomic E-state index is 13.0. The summed E-state index contributed by atoms with van der Waals surface area (Å²) < 4.78 is 26.9. The van der Waals surface area contributed by atoms with Crippen LogP contribution in [0.15, 0.2) is 0 Å². The second-order valence-corrected chi connectivity index (χ2v) is 4.07. The van der Waals surface area contributed by atoms with Crippen LogP contribution in [0.5, 0.6) is 0 Å². The lowest BCUT2D eigenvalue weighted by molar-refractivity contribution is -0.0660. The number of aliphatic hydroxyl groups is 1. The van der Waals surface area contributed by atoms with Crippen LogP contribution in [-0.4, -0.2) is 43.7 Å². The number of alkyl halides is 2. The Hall–Kier alpha value is -1.57. The zero-order chi connectivity index (χ0) is 12.6. The van der Waals surface area contributed by atoms with Gasteiger partial charge in [0.15, 0.2) is 5.69 Å². The van der Waals surface area contributed by atoms with E-state index in [1.165, 1.54) is 0 Å². The van der Waals surface area contributed by atoms with Crippen molar-refractivity contribution in [2.24, 2.45) is 0 Å². The van der Waals surface area contributed by atoms with Gasteiger partial charge in [0.25, 0.3) is 5.92 Å². The fourth-order valence-electron chi connectivity index (χ4n) is 1.62. The van der Waals surface area contributed by atoms with Gasteiger partial charge in [-0.1, -0.05) is 5.21 Å². The predicted octanol–water partition coefficient (Wildman–Crippen LogP) is 0.481. The Morgan fingerprint density at radius 3 is 2.65 bits per heavy atom. The standard InChI is InChI=1S/C9H11F2N3O3/c10-9(11,4-15)3-14-7(5-1-2-5)6(8(16)17)12-13-14/h5,15H,1-4H2,(H,16,17). The lowest BCUT2D eigenvalue weighted by Crippen LogP contribution is -2.29. The molecule has 94 valence electrons. The van der Waals surface area contributed by atoms with E-state index in [2.05, 4.69) is 10.3 Å². The maximum Gasteiger partial charge on any atom is 0.358 e. The molecule has 1 aliphatic rings. The summed E-state index contributed by atoms with van der Waals surface area (Å²) in [6.07, 6.45) is 1.50. The molecule has 6 nitrogen and oxygen atoms in total. The largest absolute Gasteiger partial charge is 0.476 e. The number of aliphatic hydroxyl groups excluding tert-OH is 1. The van der Waals surface area contributed by atoms with Crippen molar-refractivity contribution in [2.75, 3.05) is 6.61 Å². The van der Waals surface area contributed by atoms with E-state index in [1.54, 1.807) is 0 Å². The highest BCUT2D eigenvalue weighted by atomic mass is 19.3. The molecule has 1 fully saturated rings. The molecule has 0 bridgehead atoms. The molecule has 0 saturated heterocycles. The molecule has 0 aliphatic heterocycles. The summed E-state index contributed by atoms with van der Waals surface area (Å²) in [5.74, 6) is -4.66. The number of halogens is 2. The van der Waals surface area contributed by atoms with Crippen LogP contribution in [-0.2, 0) is 6.54 Å². The van der Waals surface area contributed by atoms with E-state index >= 15 is 0 Å². The number of carbonyl (C=O) groups is 1. The summed E-state index contributed by atoms with van der Waals surface area (Å²) in [5, 5.41) is 24.2. The monoisotopic (exact) mass is 247 g/mol. The highest BCUT2D eigenvalue weighted by Crippen LogP contribution is 2.41. The van der Waals surface area contributed by atoms with Crippen molar-refractivity contribution in [3.05, 3.63) is 11.4 Å². The molecule has 2 N–H and O–H groups in total. The summed E-state index contributed by atoms with van der Waals surface area (Å²) in [5.41, 5.74) is -0.0492. The maximum absolute atomic E-state index is 13.0. The Morgan fingerprint density at radius 1 is 1.53 bits per heavy atom. The van der Waals surface area contributed by atoms with Crippen molar-refractivity contribution in [3.8, 4) is 0 Å². The van der Waals surface area contributed by atoms with Crippen molar-refractivity contribution < 1.29 is 23.8 Å². The minimum atomic E-state index is -3.33. The number of aromatic nitrogens is 3. The minimum Gasteiger partial charge on any atom is -0.476 e. The molecule has 1 aromatic rings. The van der Waals surface area contributed by atoms with Gasteiger partial charge in [-0.15, -0.1) is 5.10 Å². The van der Waals surface area contributed by atoms with Gasteiger partial charge in [-0.25, -0.2) is 18.3 Å². The first-order chi connectivity index (χ1) is 7.94. The fraction of sp³-hybridized carbons (Fsp3) is 0.667. The number of hydrogen-bond donors (Lipinski definition) is 2. The molecular formula is C9H11F2N3O3. The van der Waals surface area contributed by atoms with Gasteiger partial charge < -0.3 is 10.2 Å². The van der Waals surface area contributed by atoms with E-state index in [0.29, 0.717) is 0 Å². The first-order valence-electron chi connectivity index (χ1n) is 5.10. The fourth-order valence-corrected chi connectivity index (χ4v) is 1.62. The van der Waals surface area contributed by atoms with Crippen LogP contribution in [0.2, 0.25) is 0 Å². The SMILES string of the molecule is O=C(O)c1nnn(CC(F)(F)CO)c1C1CC1. The van der Waals surface area contributed by atoms with Crippen LogP contribution < -0.4 is 0 Å². The van der Waals surface area contributed by atoms with Gasteiger partial charge >= 0.3 is 5.97 Å². The van der Waals surface area contributed by atoms with Crippen LogP contribution in [0.4, 0.5) is 8.78 Å². The van der Waals surface area contributed by atoms with Gasteiger partial charge in [0, 0.05) is 5.92 Å². The Labute approximate surface area is 94.9 Å². The Bertz CT molecular complexity index is 443. The molecule has 1 saturated carbocycles. The van der Waals surface area contributed by atoms with Gasteiger partial charge in [0.05, 0.1) is 5.69 Å². The third kappa shape index (κ3) is 2.41. The lowest BCUT2D eigenvalue weighted by atomic mass is 10.2. The summed E-state index contributed by atoms with van der Waals surface area (Å²) in [6.45, 7) is -2.16. The Kier molecular flexibility index (Phi) is 2.82. The van der Waals surface area contributed by atoms with Crippen LogP contribution in [0.1, 0.15) is 34.9 Å². The summed E-state index contributed by atoms with van der Waals surface area (Å²) in [6, 6.07) is 0. The average molecular weight is 247 g/mol. The average Bonchev–Trinajstić information content (AvgIpc) is 3.00. The second-order valence-electron chi connectivity index (χ2n) is 4.07. The number of nitrogens with zero attached hydrogens (tertiary/aromatic N) is 3. The van der Waals surface area contributed by atoms with Gasteiger partial charge in [-0.2, -0.15) is 0 Å². The number of carboxylic acids is 1. The Balaban J connectivity index is 2.31. The highest BCUT2D eigenvalue weighted by Gasteiger charge is 2.37. The molecule has 1 heterocycles. The normalized spacial score (nSPS) is 16.2. The zero-order valence-electron chi connectivity index (χ0n) is 8.81. The molecule has 2 rings (SSSR count). The van der Waals surface area contributed by atoms with Crippen molar-refractivity contribution in [1.29, 1.82) is 0 Å². The van der Waals surface area contributed by atoms with Crippen LogP contribution >= 0.6 is 0 Å². The molecule has 8 heteroatoms. The van der Waals surface area contributed by atoms with Crippen molar-refractivity contribution >= 4 is 5.97 Å². The number of aromatic carboxylic acids is 1. The molecule has 0 spiro atoms. The number of hydrogen-bond acceptors (Lipinski definition) is 4. The highest BCUT2D eigenvalue weighted by molar-refractivity contribution is 5.86. The van der Waals surface area contributed by atoms with Crippen LogP contribution in [0, 0.1) is 0 Å². The van der Waals surface area contributed by atoms with Gasteiger partial charge in [-0.3, -0.25) is 0 Å². The van der Waals surface area contributed by atoms with E-state index < -0.39 is 25.0 Å². The predicted molar refractivity (Wildman–Crippen MR) is 51.0 cm³/mol. The first-order valence-corrected chi connectivity index (χ1v) is 5.10. The van der Waals surface area contributed by atoms with E-state index in [-0.39, 0.29) is 17.3 Å². The quantitative estimate of drug-likeness (QED) is 0.790. The minimum absolute atomic E-state index is 0.0643. The molecule has 1 aliphatic carbocycles. The summed E-state index contributed by atoms with van der Waals surface area (Å²) in [7, 11) is 0. The van der Waals surface area contributed by atoms with Gasteiger partial charge in [0.2, 0.25) is 0 Å². The molecular weight excluding hydrogens is 236 g/mol. The summed E-state index contributed by atoms with van der Waals surface area (Å²) in [4.78, 5) is 10.8. The molecule has 0 unspecified atom stereocenters. The molecule has 0 amide bonds. The van der Waals surface area contributed by atoms with Crippen LogP contribution in [0.3, 0.4) is 0 Å². The second kappa shape index (κ2) is 4.02.